The number of anilines is 7. The molecule has 0 amide bonds. The van der Waals surface area contributed by atoms with Gasteiger partial charge in [0, 0.05) is 90.5 Å². The number of ether oxygens (including phenoxy) is 12. The second kappa shape index (κ2) is 44.9. The Morgan fingerprint density at radius 3 is 1.12 bits per heavy atom. The lowest BCUT2D eigenvalue weighted by Gasteiger charge is -2.18. The standard InChI is InChI=1S/C17H16N4O2.C15H20N4O3.C14H18FN5O.C14H16N4O2.C13H16N4O2.C13H14N4O2/c1-11-19-10-15(17(18)21-11)23-14-8-16(22-2)20-9-13(14)12-6-4-3-5-7-12;1-8(2)13-10(6-12(20-4)19-15(13)21-5)22-11-7-17-9(3)18-14(11)16;1-7(2)12-9(5-11(17-4)20-13(12)15)21-10-6-18-8(3)19-14(10)16;1-8(2)10-6-17-13(19-4)5-11(10)20-12-7-16-9(3)18-14(12)15;2*1-4-9-6-16-12(18-3)5-10(9)19-11-7-15-8(2)17-13(11)14/h3-10H,1-2H3,(H2,18,19,21);6-8H,1-5H3,(H2,16,17,18);5-7H,1-4H3,(H,17,20)(H2,16,18,19);5-7H,1H2,2-4H3,(H2,15,16,18);5-7H,4H2,1-3H3,(H2,14,15,17);4-7H,1H2,2-3H3,(H2,14,15,17). The van der Waals surface area contributed by atoms with Crippen molar-refractivity contribution in [2.24, 2.45) is 0 Å². The number of hydrogen-bond acceptors (Lipinski definition) is 37. The molecule has 0 fully saturated rings. The highest BCUT2D eigenvalue weighted by atomic mass is 19.1. The van der Waals surface area contributed by atoms with Crippen LogP contribution in [0.4, 0.5) is 45.1 Å². The third-order valence-electron chi connectivity index (χ3n) is 16.9. The number of aromatic nitrogens is 18. The molecule has 37 nitrogen and oxygen atoms in total. The first kappa shape index (κ1) is 93.7. The van der Waals surface area contributed by atoms with Crippen LogP contribution in [0.1, 0.15) is 116 Å². The lowest BCUT2D eigenvalue weighted by Crippen LogP contribution is -2.05. The Kier molecular flexibility index (Phi) is 33.9. The Labute approximate surface area is 716 Å². The summed E-state index contributed by atoms with van der Waals surface area (Å²) in [5.41, 5.74) is 41.3. The number of halogens is 1. The SMILES string of the molecule is C=C(C)c1cnc(OC)cc1Oc1cnc(C)nc1N.C=Cc1cnc(OC)cc1Oc1cnc(C)nc1N.CCc1cnc(OC)cc1Oc1cnc(C)nc1N.CNc1cc(Oc2cnc(C)nc2N)c(C(C)C)c(F)n1.COc1cc(Oc2cnc(C)nc2N)c(-c2ccccc2)cn1.COc1cc(Oc2cnc(C)nc2N)c(C(C)C)c(OC)n1. The Balaban J connectivity index is 0.000000185. The summed E-state index contributed by atoms with van der Waals surface area (Å²) in [6.45, 7) is 29.8. The summed E-state index contributed by atoms with van der Waals surface area (Å²) in [6, 6.07) is 19.9. The maximum Gasteiger partial charge on any atom is 0.223 e. The van der Waals surface area contributed by atoms with Crippen molar-refractivity contribution in [3.63, 3.8) is 0 Å². The van der Waals surface area contributed by atoms with Crippen LogP contribution in [0.2, 0.25) is 0 Å². The third kappa shape index (κ3) is 26.1. The summed E-state index contributed by atoms with van der Waals surface area (Å²) in [4.78, 5) is 73.5. The van der Waals surface area contributed by atoms with E-state index in [-0.39, 0.29) is 46.7 Å². The van der Waals surface area contributed by atoms with Crippen molar-refractivity contribution in [2.75, 3.05) is 89.4 Å². The zero-order valence-corrected chi connectivity index (χ0v) is 72.3. The first-order valence-electron chi connectivity index (χ1n) is 37.9. The van der Waals surface area contributed by atoms with Gasteiger partial charge in [0.25, 0.3) is 0 Å². The highest BCUT2D eigenvalue weighted by Gasteiger charge is 2.23. The van der Waals surface area contributed by atoms with E-state index in [0.717, 1.165) is 45.4 Å². The zero-order valence-electron chi connectivity index (χ0n) is 72.3. The van der Waals surface area contributed by atoms with Gasteiger partial charge >= 0.3 is 0 Å². The highest BCUT2D eigenvalue weighted by Crippen LogP contribution is 2.42. The van der Waals surface area contributed by atoms with E-state index in [1.807, 2.05) is 71.9 Å². The van der Waals surface area contributed by atoms with Crippen LogP contribution in [0.5, 0.6) is 104 Å². The first-order valence-corrected chi connectivity index (χ1v) is 37.9. The smallest absolute Gasteiger partial charge is 0.223 e. The van der Waals surface area contributed by atoms with Crippen molar-refractivity contribution in [1.82, 2.24) is 89.7 Å². The molecule has 0 bridgehead atoms. The molecule has 0 aliphatic carbocycles. The minimum atomic E-state index is -0.571. The van der Waals surface area contributed by atoms with Gasteiger partial charge in [0.1, 0.15) is 75.3 Å². The quantitative estimate of drug-likeness (QED) is 0.0261. The number of nitrogen functional groups attached to an aromatic ring is 6. The van der Waals surface area contributed by atoms with Gasteiger partial charge in [-0.3, -0.25) is 0 Å². The molecule has 0 saturated heterocycles. The molecule has 0 radical (unpaired) electrons. The number of hydrogen-bond donors (Lipinski definition) is 7. The van der Waals surface area contributed by atoms with E-state index < -0.39 is 5.95 Å². The molecule has 0 aliphatic rings. The predicted octanol–water partition coefficient (Wildman–Crippen LogP) is 15.7. The molecule has 124 heavy (non-hydrogen) atoms. The molecular weight excluding hydrogens is 1590 g/mol. The molecular formula is C86H100FN25O12. The number of nitrogens with two attached hydrogens (primary N) is 6. The number of aryl methyl sites for hydroxylation is 7. The van der Waals surface area contributed by atoms with Crippen LogP contribution in [-0.4, -0.2) is 139 Å². The van der Waals surface area contributed by atoms with E-state index in [9.17, 15) is 4.39 Å². The van der Waals surface area contributed by atoms with E-state index in [1.54, 1.807) is 156 Å². The number of rotatable bonds is 25. The predicted molar refractivity (Wildman–Crippen MR) is 470 cm³/mol. The summed E-state index contributed by atoms with van der Waals surface area (Å²) in [5, 5.41) is 2.79. The number of pyridine rings is 6. The molecule has 0 spiro atoms. The van der Waals surface area contributed by atoms with Gasteiger partial charge in [-0.25, -0.2) is 84.7 Å². The zero-order chi connectivity index (χ0) is 90.4. The van der Waals surface area contributed by atoms with E-state index in [2.05, 4.69) is 108 Å². The third-order valence-corrected chi connectivity index (χ3v) is 16.9. The number of methoxy groups -OCH3 is 6. The Morgan fingerprint density at radius 1 is 0.395 bits per heavy atom. The number of nitrogens with one attached hydrogen (secondary N) is 1. The normalized spacial score (nSPS) is 10.4. The molecule has 38 heteroatoms. The molecule has 0 unspecified atom stereocenters. The first-order chi connectivity index (χ1) is 59.3. The summed E-state index contributed by atoms with van der Waals surface area (Å²) in [7, 11) is 10.9. The fourth-order valence-electron chi connectivity index (χ4n) is 10.7. The van der Waals surface area contributed by atoms with Gasteiger partial charge in [0.15, 0.2) is 69.4 Å². The lowest BCUT2D eigenvalue weighted by molar-refractivity contribution is 0.351. The molecule has 0 saturated carbocycles. The largest absolute Gasteiger partial charge is 0.481 e. The summed E-state index contributed by atoms with van der Waals surface area (Å²) in [5.74, 6) is 13.1. The van der Waals surface area contributed by atoms with Crippen LogP contribution in [0.15, 0.2) is 142 Å². The molecule has 12 aromatic heterocycles. The summed E-state index contributed by atoms with van der Waals surface area (Å²) >= 11 is 0. The van der Waals surface area contributed by atoms with Crippen LogP contribution in [0, 0.1) is 47.5 Å². The van der Waals surface area contributed by atoms with Crippen LogP contribution >= 0.6 is 0 Å². The van der Waals surface area contributed by atoms with Crippen molar-refractivity contribution in [1.29, 1.82) is 0 Å². The molecule has 12 heterocycles. The Hall–Kier alpha value is -15.8. The monoisotopic (exact) mass is 1690 g/mol. The topological polar surface area (TPSA) is 511 Å². The maximum absolute atomic E-state index is 14.1. The Morgan fingerprint density at radius 2 is 0.742 bits per heavy atom. The fraction of sp³-hybridized carbons (Fsp3) is 0.256. The number of benzene rings is 1. The van der Waals surface area contributed by atoms with Crippen molar-refractivity contribution in [2.45, 2.75) is 101 Å². The van der Waals surface area contributed by atoms with Crippen LogP contribution in [-0.2, 0) is 6.42 Å². The average molecular weight is 1690 g/mol. The van der Waals surface area contributed by atoms with Gasteiger partial charge in [0.05, 0.1) is 91.0 Å². The van der Waals surface area contributed by atoms with Crippen molar-refractivity contribution >= 4 is 52.4 Å². The van der Waals surface area contributed by atoms with Gasteiger partial charge in [0.2, 0.25) is 41.2 Å². The van der Waals surface area contributed by atoms with Gasteiger partial charge in [-0.2, -0.15) is 9.37 Å². The molecule has 0 aliphatic heterocycles. The van der Waals surface area contributed by atoms with Crippen LogP contribution in [0.3, 0.4) is 0 Å². The highest BCUT2D eigenvalue weighted by molar-refractivity contribution is 5.72. The van der Waals surface area contributed by atoms with Crippen molar-refractivity contribution < 1.29 is 61.2 Å². The molecule has 648 valence electrons. The van der Waals surface area contributed by atoms with E-state index in [4.69, 9.17) is 91.2 Å². The van der Waals surface area contributed by atoms with E-state index in [1.165, 1.54) is 39.9 Å². The second-order valence-electron chi connectivity index (χ2n) is 26.7. The van der Waals surface area contributed by atoms with Gasteiger partial charge in [-0.15, -0.1) is 0 Å². The molecule has 13 N–H and O–H groups in total. The lowest BCUT2D eigenvalue weighted by atomic mass is 10.0. The second-order valence-corrected chi connectivity index (χ2v) is 26.7. The molecule has 0 atom stereocenters. The fourth-order valence-corrected chi connectivity index (χ4v) is 10.7. The average Bonchev–Trinajstić information content (AvgIpc) is 0.809. The van der Waals surface area contributed by atoms with Gasteiger partial charge in [-0.05, 0) is 77.9 Å². The Bertz CT molecular complexity index is 5820. The van der Waals surface area contributed by atoms with Crippen LogP contribution < -0.4 is 96.6 Å². The summed E-state index contributed by atoms with van der Waals surface area (Å²) < 4.78 is 79.8. The minimum absolute atomic E-state index is 0.0917. The molecule has 13 rings (SSSR count). The number of allylic oxidation sites excluding steroid dienone is 1. The maximum atomic E-state index is 14.1. The summed E-state index contributed by atoms with van der Waals surface area (Å²) in [6.07, 6.45) is 18.3. The van der Waals surface area contributed by atoms with Crippen molar-refractivity contribution in [3.8, 4) is 115 Å². The van der Waals surface area contributed by atoms with Gasteiger partial charge < -0.3 is 96.6 Å². The van der Waals surface area contributed by atoms with Gasteiger partial charge in [-0.1, -0.05) is 84.2 Å². The molecule has 13 aromatic rings. The number of nitrogens with zero attached hydrogens (tertiary/aromatic N) is 18. The minimum Gasteiger partial charge on any atom is -0.481 e. The van der Waals surface area contributed by atoms with Crippen LogP contribution in [0.25, 0.3) is 22.8 Å². The van der Waals surface area contributed by atoms with E-state index in [0.29, 0.717) is 151 Å². The van der Waals surface area contributed by atoms with E-state index >= 15 is 0 Å². The van der Waals surface area contributed by atoms with Crippen molar-refractivity contribution in [3.05, 3.63) is 211 Å². The molecule has 1 aromatic carbocycles.